The number of nitrogens with one attached hydrogen (secondary N) is 1. The summed E-state index contributed by atoms with van der Waals surface area (Å²) in [7, 11) is 0. The minimum absolute atomic E-state index is 0.131. The first-order valence-corrected chi connectivity index (χ1v) is 9.50. The highest BCUT2D eigenvalue weighted by atomic mass is 16.7. The van der Waals surface area contributed by atoms with Gasteiger partial charge < -0.3 is 19.9 Å². The second kappa shape index (κ2) is 7.72. The Labute approximate surface area is 159 Å². The molecule has 1 fully saturated rings. The Bertz CT molecular complexity index is 775. The van der Waals surface area contributed by atoms with Gasteiger partial charge in [0.2, 0.25) is 0 Å². The number of aryl methyl sites for hydroxylation is 2. The minimum Gasteiger partial charge on any atom is -0.434 e. The molecule has 6 heteroatoms. The van der Waals surface area contributed by atoms with Crippen LogP contribution in [0.1, 0.15) is 49.3 Å². The number of aliphatic hydroxyl groups excluding tert-OH is 1. The standard InChI is InChI=1S/C21H27NO5/c1-4-26-20(25)27-18-17(16-11-13(2)5-6-14(16)3)19(24)22-21(18)9-7-15(12-23)8-10-21/h5-6,11,15,23H,4,7-10,12H2,1-3H3,(H,22,24). The fourth-order valence-corrected chi connectivity index (χ4v) is 4.01. The highest BCUT2D eigenvalue weighted by Gasteiger charge is 2.50. The van der Waals surface area contributed by atoms with Gasteiger partial charge in [0.1, 0.15) is 5.76 Å². The van der Waals surface area contributed by atoms with Crippen molar-refractivity contribution in [3.63, 3.8) is 0 Å². The smallest absolute Gasteiger partial charge is 0.434 e. The lowest BCUT2D eigenvalue weighted by atomic mass is 9.75. The summed E-state index contributed by atoms with van der Waals surface area (Å²) in [5.74, 6) is 0.336. The van der Waals surface area contributed by atoms with E-state index in [2.05, 4.69) is 5.32 Å². The lowest BCUT2D eigenvalue weighted by Crippen LogP contribution is -2.48. The van der Waals surface area contributed by atoms with E-state index >= 15 is 0 Å². The van der Waals surface area contributed by atoms with Crippen LogP contribution in [0.25, 0.3) is 5.57 Å². The maximum atomic E-state index is 13.0. The van der Waals surface area contributed by atoms with Crippen LogP contribution in [0.2, 0.25) is 0 Å². The Morgan fingerprint density at radius 3 is 2.63 bits per heavy atom. The number of aliphatic hydroxyl groups is 1. The van der Waals surface area contributed by atoms with E-state index in [1.54, 1.807) is 6.92 Å². The number of amides is 1. The molecule has 1 aliphatic carbocycles. The van der Waals surface area contributed by atoms with Crippen molar-refractivity contribution in [3.8, 4) is 0 Å². The molecule has 3 rings (SSSR count). The Hall–Kier alpha value is -2.34. The van der Waals surface area contributed by atoms with Gasteiger partial charge >= 0.3 is 6.16 Å². The molecule has 1 aliphatic heterocycles. The minimum atomic E-state index is -0.796. The molecular weight excluding hydrogens is 346 g/mol. The molecule has 146 valence electrons. The Balaban J connectivity index is 2.08. The molecule has 0 bridgehead atoms. The Morgan fingerprint density at radius 1 is 1.30 bits per heavy atom. The highest BCUT2D eigenvalue weighted by Crippen LogP contribution is 2.45. The van der Waals surface area contributed by atoms with Crippen LogP contribution in [0.15, 0.2) is 24.0 Å². The quantitative estimate of drug-likeness (QED) is 0.792. The normalized spacial score (nSPS) is 24.9. The molecule has 1 saturated carbocycles. The molecule has 1 heterocycles. The number of hydrogen-bond donors (Lipinski definition) is 2. The highest BCUT2D eigenvalue weighted by molar-refractivity contribution is 6.23. The van der Waals surface area contributed by atoms with Gasteiger partial charge in [0.05, 0.1) is 17.7 Å². The molecule has 0 aromatic heterocycles. The van der Waals surface area contributed by atoms with E-state index in [-0.39, 0.29) is 25.0 Å². The molecule has 1 aromatic rings. The molecule has 1 spiro atoms. The van der Waals surface area contributed by atoms with Crippen LogP contribution in [-0.4, -0.2) is 35.9 Å². The molecule has 0 atom stereocenters. The van der Waals surface area contributed by atoms with E-state index in [1.807, 2.05) is 32.0 Å². The molecular formula is C21H27NO5. The molecule has 2 aliphatic rings. The van der Waals surface area contributed by atoms with Gasteiger partial charge in [-0.3, -0.25) is 4.79 Å². The van der Waals surface area contributed by atoms with Gasteiger partial charge in [-0.15, -0.1) is 0 Å². The zero-order valence-corrected chi connectivity index (χ0v) is 16.1. The molecule has 6 nitrogen and oxygen atoms in total. The summed E-state index contributed by atoms with van der Waals surface area (Å²) >= 11 is 0. The van der Waals surface area contributed by atoms with Crippen LogP contribution in [0.5, 0.6) is 0 Å². The largest absolute Gasteiger partial charge is 0.513 e. The van der Waals surface area contributed by atoms with Crippen LogP contribution in [-0.2, 0) is 14.3 Å². The zero-order chi connectivity index (χ0) is 19.6. The van der Waals surface area contributed by atoms with Gasteiger partial charge in [-0.1, -0.05) is 23.8 Å². The summed E-state index contributed by atoms with van der Waals surface area (Å²) in [6.07, 6.45) is 1.95. The fourth-order valence-electron chi connectivity index (χ4n) is 4.01. The van der Waals surface area contributed by atoms with Crippen molar-refractivity contribution in [2.75, 3.05) is 13.2 Å². The number of benzene rings is 1. The maximum absolute atomic E-state index is 13.0. The van der Waals surface area contributed by atoms with E-state index in [0.29, 0.717) is 24.2 Å². The summed E-state index contributed by atoms with van der Waals surface area (Å²) in [6.45, 7) is 5.94. The maximum Gasteiger partial charge on any atom is 0.513 e. The summed E-state index contributed by atoms with van der Waals surface area (Å²) in [5, 5.41) is 12.5. The zero-order valence-electron chi connectivity index (χ0n) is 16.1. The summed E-state index contributed by atoms with van der Waals surface area (Å²) < 4.78 is 10.6. The molecule has 1 amide bonds. The van der Waals surface area contributed by atoms with Gasteiger partial charge in [0.25, 0.3) is 5.91 Å². The third kappa shape index (κ3) is 3.72. The van der Waals surface area contributed by atoms with Crippen LogP contribution in [0, 0.1) is 19.8 Å². The number of rotatable bonds is 4. The third-order valence-electron chi connectivity index (χ3n) is 5.57. The first-order valence-electron chi connectivity index (χ1n) is 9.50. The predicted octanol–water partition coefficient (Wildman–Crippen LogP) is 3.24. The van der Waals surface area contributed by atoms with Gasteiger partial charge in [0, 0.05) is 6.61 Å². The molecule has 0 radical (unpaired) electrons. The van der Waals surface area contributed by atoms with Crippen LogP contribution < -0.4 is 5.32 Å². The van der Waals surface area contributed by atoms with Crippen molar-refractivity contribution < 1.29 is 24.2 Å². The summed E-state index contributed by atoms with van der Waals surface area (Å²) in [6, 6.07) is 5.89. The molecule has 0 unspecified atom stereocenters. The second-order valence-corrected chi connectivity index (χ2v) is 7.47. The van der Waals surface area contributed by atoms with Crippen LogP contribution >= 0.6 is 0 Å². The van der Waals surface area contributed by atoms with E-state index in [9.17, 15) is 14.7 Å². The Kier molecular flexibility index (Phi) is 5.56. The molecule has 1 aromatic carbocycles. The topological polar surface area (TPSA) is 84.9 Å². The van der Waals surface area contributed by atoms with Crippen LogP contribution in [0.3, 0.4) is 0 Å². The van der Waals surface area contributed by atoms with Gasteiger partial charge in [-0.25, -0.2) is 4.79 Å². The van der Waals surface area contributed by atoms with Crippen molar-refractivity contribution in [3.05, 3.63) is 40.6 Å². The molecule has 27 heavy (non-hydrogen) atoms. The monoisotopic (exact) mass is 373 g/mol. The fraction of sp³-hybridized carbons (Fsp3) is 0.524. The van der Waals surface area contributed by atoms with Crippen LogP contribution in [0.4, 0.5) is 4.79 Å². The van der Waals surface area contributed by atoms with Crippen molar-refractivity contribution in [1.82, 2.24) is 5.32 Å². The number of carbonyl (C=O) groups excluding carboxylic acids is 2. The van der Waals surface area contributed by atoms with Gasteiger partial charge in [-0.05, 0) is 63.5 Å². The molecule has 0 saturated heterocycles. The lowest BCUT2D eigenvalue weighted by Gasteiger charge is -2.37. The van der Waals surface area contributed by atoms with Gasteiger partial charge in [0.15, 0.2) is 0 Å². The van der Waals surface area contributed by atoms with E-state index in [4.69, 9.17) is 9.47 Å². The first-order chi connectivity index (χ1) is 12.9. The number of carbonyl (C=O) groups is 2. The van der Waals surface area contributed by atoms with Gasteiger partial charge in [-0.2, -0.15) is 0 Å². The predicted molar refractivity (Wildman–Crippen MR) is 101 cm³/mol. The van der Waals surface area contributed by atoms with Crippen molar-refractivity contribution in [1.29, 1.82) is 0 Å². The Morgan fingerprint density at radius 2 is 2.00 bits per heavy atom. The molecule has 2 N–H and O–H groups in total. The summed E-state index contributed by atoms with van der Waals surface area (Å²) in [5.41, 5.74) is 2.42. The van der Waals surface area contributed by atoms with E-state index < -0.39 is 11.7 Å². The SMILES string of the molecule is CCOC(=O)OC1=C(c2cc(C)ccc2C)C(=O)NC12CCC(CO)CC2. The van der Waals surface area contributed by atoms with Crippen molar-refractivity contribution >= 4 is 17.6 Å². The summed E-state index contributed by atoms with van der Waals surface area (Å²) in [4.78, 5) is 25.1. The number of hydrogen-bond acceptors (Lipinski definition) is 5. The second-order valence-electron chi connectivity index (χ2n) is 7.47. The van der Waals surface area contributed by atoms with E-state index in [1.165, 1.54) is 0 Å². The van der Waals surface area contributed by atoms with E-state index in [0.717, 1.165) is 29.5 Å². The third-order valence-corrected chi connectivity index (χ3v) is 5.57. The number of ether oxygens (including phenoxy) is 2. The van der Waals surface area contributed by atoms with Crippen molar-refractivity contribution in [2.24, 2.45) is 5.92 Å². The average Bonchev–Trinajstić information content (AvgIpc) is 2.89. The first kappa shape index (κ1) is 19.4. The lowest BCUT2D eigenvalue weighted by molar-refractivity contribution is -0.116. The van der Waals surface area contributed by atoms with Crippen molar-refractivity contribution in [2.45, 2.75) is 52.0 Å². The average molecular weight is 373 g/mol.